The number of carbonyl (C=O) groups is 3. The molecule has 4 N–H and O–H groups in total. The second kappa shape index (κ2) is 10.1. The fourth-order valence-electron chi connectivity index (χ4n) is 2.95. The minimum atomic E-state index is -0.479. The maximum Gasteiger partial charge on any atom is 0.407 e. The Kier molecular flexibility index (Phi) is 7.05. The topological polar surface area (TPSA) is 112 Å². The molecule has 0 saturated carbocycles. The van der Waals surface area contributed by atoms with Crippen molar-refractivity contribution in [2.75, 3.05) is 20.1 Å². The van der Waals surface area contributed by atoms with E-state index in [9.17, 15) is 14.4 Å². The lowest BCUT2D eigenvalue weighted by Gasteiger charge is -2.07. The third-order valence-corrected chi connectivity index (χ3v) is 4.59. The van der Waals surface area contributed by atoms with Crippen molar-refractivity contribution < 1.29 is 19.1 Å². The summed E-state index contributed by atoms with van der Waals surface area (Å²) >= 11 is 0. The van der Waals surface area contributed by atoms with Gasteiger partial charge in [0, 0.05) is 36.3 Å². The standard InChI is InChI=1S/C22H24N4O4/c1-23-20(27)13-26-21(28)16-7-8-19-18(11-16)17(12-25-19)9-10-24-22(29)30-14-15-5-3-2-4-6-15/h2-8,11-12,25H,9-10,13-14H2,1H3,(H,23,27)(H,24,29)(H,26,28). The molecule has 8 nitrogen and oxygen atoms in total. The van der Waals surface area contributed by atoms with Crippen LogP contribution in [0.4, 0.5) is 4.79 Å². The first-order valence-corrected chi connectivity index (χ1v) is 9.60. The molecular weight excluding hydrogens is 384 g/mol. The highest BCUT2D eigenvalue weighted by atomic mass is 16.5. The third-order valence-electron chi connectivity index (χ3n) is 4.59. The van der Waals surface area contributed by atoms with Gasteiger partial charge < -0.3 is 25.7 Å². The number of aromatic amines is 1. The number of aromatic nitrogens is 1. The van der Waals surface area contributed by atoms with Gasteiger partial charge in [-0.2, -0.15) is 0 Å². The van der Waals surface area contributed by atoms with Crippen LogP contribution in [-0.4, -0.2) is 43.0 Å². The molecule has 1 heterocycles. The van der Waals surface area contributed by atoms with Crippen LogP contribution in [0.3, 0.4) is 0 Å². The normalized spacial score (nSPS) is 10.4. The largest absolute Gasteiger partial charge is 0.445 e. The molecule has 0 aliphatic rings. The Morgan fingerprint density at radius 3 is 2.60 bits per heavy atom. The summed E-state index contributed by atoms with van der Waals surface area (Å²) in [5.41, 5.74) is 3.24. The van der Waals surface area contributed by atoms with E-state index in [1.54, 1.807) is 12.1 Å². The maximum atomic E-state index is 12.3. The molecule has 2 aromatic carbocycles. The van der Waals surface area contributed by atoms with Crippen LogP contribution < -0.4 is 16.0 Å². The molecule has 3 rings (SSSR count). The zero-order chi connectivity index (χ0) is 21.3. The summed E-state index contributed by atoms with van der Waals surface area (Å²) in [4.78, 5) is 38.6. The van der Waals surface area contributed by atoms with E-state index in [-0.39, 0.29) is 25.0 Å². The average Bonchev–Trinajstić information content (AvgIpc) is 3.18. The zero-order valence-electron chi connectivity index (χ0n) is 16.7. The lowest BCUT2D eigenvalue weighted by Crippen LogP contribution is -2.35. The summed E-state index contributed by atoms with van der Waals surface area (Å²) in [6.07, 6.45) is 1.95. The third kappa shape index (κ3) is 5.60. The maximum absolute atomic E-state index is 12.3. The second-order valence-corrected chi connectivity index (χ2v) is 6.67. The van der Waals surface area contributed by atoms with Crippen LogP contribution in [0.1, 0.15) is 21.5 Å². The van der Waals surface area contributed by atoms with Gasteiger partial charge >= 0.3 is 6.09 Å². The van der Waals surface area contributed by atoms with Gasteiger partial charge in [0.1, 0.15) is 6.61 Å². The minimum Gasteiger partial charge on any atom is -0.445 e. The van der Waals surface area contributed by atoms with Gasteiger partial charge in [0.05, 0.1) is 6.54 Å². The number of hydrogen-bond donors (Lipinski definition) is 4. The Labute approximate surface area is 174 Å². The first-order chi connectivity index (χ1) is 14.6. The molecule has 0 spiro atoms. The highest BCUT2D eigenvalue weighted by Gasteiger charge is 2.11. The van der Waals surface area contributed by atoms with Crippen LogP contribution >= 0.6 is 0 Å². The van der Waals surface area contributed by atoms with E-state index >= 15 is 0 Å². The van der Waals surface area contributed by atoms with Crippen LogP contribution in [0.5, 0.6) is 0 Å². The quantitative estimate of drug-likeness (QED) is 0.457. The van der Waals surface area contributed by atoms with Crippen molar-refractivity contribution in [1.29, 1.82) is 0 Å². The average molecular weight is 408 g/mol. The fourth-order valence-corrected chi connectivity index (χ4v) is 2.95. The number of amides is 3. The lowest BCUT2D eigenvalue weighted by atomic mass is 10.1. The molecule has 0 saturated heterocycles. The van der Waals surface area contributed by atoms with Gasteiger partial charge in [0.2, 0.25) is 5.91 Å². The summed E-state index contributed by atoms with van der Waals surface area (Å²) in [6, 6.07) is 14.7. The molecule has 0 aliphatic heterocycles. The molecule has 8 heteroatoms. The van der Waals surface area contributed by atoms with Gasteiger partial charge in [-0.15, -0.1) is 0 Å². The molecule has 3 aromatic rings. The van der Waals surface area contributed by atoms with E-state index in [0.29, 0.717) is 18.5 Å². The number of benzene rings is 2. The predicted molar refractivity (Wildman–Crippen MR) is 113 cm³/mol. The minimum absolute atomic E-state index is 0.0810. The van der Waals surface area contributed by atoms with Crippen molar-refractivity contribution >= 4 is 28.8 Å². The summed E-state index contributed by atoms with van der Waals surface area (Å²) in [6.45, 7) is 0.532. The van der Waals surface area contributed by atoms with Crippen LogP contribution in [0.25, 0.3) is 10.9 Å². The smallest absolute Gasteiger partial charge is 0.407 e. The van der Waals surface area contributed by atoms with Gasteiger partial charge in [0.25, 0.3) is 5.91 Å². The monoisotopic (exact) mass is 408 g/mol. The van der Waals surface area contributed by atoms with Crippen molar-refractivity contribution in [2.45, 2.75) is 13.0 Å². The van der Waals surface area contributed by atoms with Gasteiger partial charge in [0.15, 0.2) is 0 Å². The number of hydrogen-bond acceptors (Lipinski definition) is 4. The van der Waals surface area contributed by atoms with Gasteiger partial charge in [-0.1, -0.05) is 30.3 Å². The van der Waals surface area contributed by atoms with E-state index in [0.717, 1.165) is 22.0 Å². The molecule has 1 aromatic heterocycles. The highest BCUT2D eigenvalue weighted by Crippen LogP contribution is 2.20. The molecule has 0 radical (unpaired) electrons. The van der Waals surface area contributed by atoms with Crippen LogP contribution in [0.2, 0.25) is 0 Å². The fraction of sp³-hybridized carbons (Fsp3) is 0.227. The molecule has 0 unspecified atom stereocenters. The Balaban J connectivity index is 1.53. The number of ether oxygens (including phenoxy) is 1. The summed E-state index contributed by atoms with van der Waals surface area (Å²) in [7, 11) is 1.51. The highest BCUT2D eigenvalue weighted by molar-refractivity contribution is 6.00. The summed E-state index contributed by atoms with van der Waals surface area (Å²) in [5.74, 6) is -0.591. The Hall–Kier alpha value is -3.81. The first-order valence-electron chi connectivity index (χ1n) is 9.60. The summed E-state index contributed by atoms with van der Waals surface area (Å²) < 4.78 is 5.20. The molecule has 0 fully saturated rings. The summed E-state index contributed by atoms with van der Waals surface area (Å²) in [5, 5.41) is 8.65. The number of likely N-dealkylation sites (N-methyl/N-ethyl adjacent to an activating group) is 1. The molecule has 3 amide bonds. The first kappa shape index (κ1) is 20.9. The van der Waals surface area contributed by atoms with E-state index < -0.39 is 6.09 Å². The van der Waals surface area contributed by atoms with Crippen molar-refractivity contribution in [3.63, 3.8) is 0 Å². The van der Waals surface area contributed by atoms with E-state index in [2.05, 4.69) is 20.9 Å². The number of fused-ring (bicyclic) bond motifs is 1. The molecular formula is C22H24N4O4. The van der Waals surface area contributed by atoms with Gasteiger partial charge in [-0.25, -0.2) is 4.79 Å². The Morgan fingerprint density at radius 2 is 1.83 bits per heavy atom. The number of H-pyrrole nitrogens is 1. The Bertz CT molecular complexity index is 1030. The van der Waals surface area contributed by atoms with E-state index in [4.69, 9.17) is 4.74 Å². The molecule has 30 heavy (non-hydrogen) atoms. The van der Waals surface area contributed by atoms with Crippen LogP contribution in [-0.2, 0) is 22.6 Å². The molecule has 156 valence electrons. The number of carbonyl (C=O) groups excluding carboxylic acids is 3. The van der Waals surface area contributed by atoms with Crippen molar-refractivity contribution in [1.82, 2.24) is 20.9 Å². The number of rotatable bonds is 8. The second-order valence-electron chi connectivity index (χ2n) is 6.67. The van der Waals surface area contributed by atoms with Crippen LogP contribution in [0, 0.1) is 0 Å². The lowest BCUT2D eigenvalue weighted by molar-refractivity contribution is -0.119. The van der Waals surface area contributed by atoms with Gasteiger partial charge in [-0.05, 0) is 35.7 Å². The predicted octanol–water partition coefficient (Wildman–Crippen LogP) is 2.11. The number of alkyl carbamates (subject to hydrolysis) is 1. The molecule has 0 atom stereocenters. The van der Waals surface area contributed by atoms with E-state index in [1.807, 2.05) is 42.6 Å². The number of nitrogens with one attached hydrogen (secondary N) is 4. The molecule has 0 bridgehead atoms. The van der Waals surface area contributed by atoms with Crippen molar-refractivity contribution in [2.24, 2.45) is 0 Å². The molecule has 0 aliphatic carbocycles. The van der Waals surface area contributed by atoms with Crippen molar-refractivity contribution in [3.8, 4) is 0 Å². The SMILES string of the molecule is CNC(=O)CNC(=O)c1ccc2[nH]cc(CCNC(=O)OCc3ccccc3)c2c1. The van der Waals surface area contributed by atoms with Crippen molar-refractivity contribution in [3.05, 3.63) is 71.4 Å². The van der Waals surface area contributed by atoms with Crippen LogP contribution in [0.15, 0.2) is 54.7 Å². The van der Waals surface area contributed by atoms with Gasteiger partial charge in [-0.3, -0.25) is 9.59 Å². The van der Waals surface area contributed by atoms with E-state index in [1.165, 1.54) is 7.05 Å². The zero-order valence-corrected chi connectivity index (χ0v) is 16.7. The Morgan fingerprint density at radius 1 is 1.03 bits per heavy atom.